The zero-order chi connectivity index (χ0) is 10.4. The summed E-state index contributed by atoms with van der Waals surface area (Å²) >= 11 is 5.09. The topological polar surface area (TPSA) is 41.9 Å². The third-order valence-electron chi connectivity index (χ3n) is 1.77. The van der Waals surface area contributed by atoms with E-state index >= 15 is 0 Å². The summed E-state index contributed by atoms with van der Waals surface area (Å²) in [5.41, 5.74) is 0. The molecule has 0 aliphatic rings. The van der Waals surface area contributed by atoms with E-state index < -0.39 is 0 Å². The Morgan fingerprint density at radius 3 is 3.00 bits per heavy atom. The standard InChI is InChI=1S/C9H16N4S/c1-3-4-6-10-9(14)11-8-5-7-13(2)12-8/h5,7H,3-4,6H2,1-2H3,(H2,10,11,12,14). The Hall–Kier alpha value is -1.10. The third kappa shape index (κ3) is 3.74. The molecule has 0 saturated carbocycles. The number of nitrogens with one attached hydrogen (secondary N) is 2. The lowest BCUT2D eigenvalue weighted by Gasteiger charge is -2.07. The molecule has 4 nitrogen and oxygen atoms in total. The second kappa shape index (κ2) is 5.59. The van der Waals surface area contributed by atoms with Gasteiger partial charge in [-0.15, -0.1) is 0 Å². The van der Waals surface area contributed by atoms with Crippen LogP contribution in [-0.2, 0) is 7.05 Å². The van der Waals surface area contributed by atoms with Gasteiger partial charge in [-0.05, 0) is 18.6 Å². The Morgan fingerprint density at radius 2 is 2.43 bits per heavy atom. The summed E-state index contributed by atoms with van der Waals surface area (Å²) in [5, 5.41) is 10.9. The van der Waals surface area contributed by atoms with Crippen LogP contribution in [0.2, 0.25) is 0 Å². The normalized spacial score (nSPS) is 9.86. The van der Waals surface area contributed by atoms with Gasteiger partial charge in [0, 0.05) is 25.9 Å². The van der Waals surface area contributed by atoms with Crippen LogP contribution in [-0.4, -0.2) is 21.4 Å². The van der Waals surface area contributed by atoms with Crippen LogP contribution in [0.1, 0.15) is 19.8 Å². The van der Waals surface area contributed by atoms with Gasteiger partial charge in [0.15, 0.2) is 10.9 Å². The highest BCUT2D eigenvalue weighted by Crippen LogP contribution is 1.99. The van der Waals surface area contributed by atoms with E-state index in [0.717, 1.165) is 18.8 Å². The van der Waals surface area contributed by atoms with Crippen molar-refractivity contribution in [1.29, 1.82) is 0 Å². The van der Waals surface area contributed by atoms with Crippen molar-refractivity contribution in [1.82, 2.24) is 15.1 Å². The number of aryl methyl sites for hydroxylation is 1. The van der Waals surface area contributed by atoms with Gasteiger partial charge >= 0.3 is 0 Å². The maximum atomic E-state index is 5.09. The van der Waals surface area contributed by atoms with Gasteiger partial charge < -0.3 is 10.6 Å². The van der Waals surface area contributed by atoms with E-state index in [0.29, 0.717) is 5.11 Å². The minimum atomic E-state index is 0.636. The average Bonchev–Trinajstić information content (AvgIpc) is 2.52. The van der Waals surface area contributed by atoms with Crippen molar-refractivity contribution in [2.24, 2.45) is 7.05 Å². The summed E-state index contributed by atoms with van der Waals surface area (Å²) in [5.74, 6) is 0.779. The molecule has 0 saturated heterocycles. The molecule has 0 aromatic carbocycles. The van der Waals surface area contributed by atoms with E-state index in [2.05, 4.69) is 22.7 Å². The number of hydrogen-bond donors (Lipinski definition) is 2. The van der Waals surface area contributed by atoms with Crippen LogP contribution in [0.25, 0.3) is 0 Å². The first-order chi connectivity index (χ1) is 6.72. The number of anilines is 1. The highest BCUT2D eigenvalue weighted by molar-refractivity contribution is 7.80. The maximum absolute atomic E-state index is 5.09. The molecule has 2 N–H and O–H groups in total. The highest BCUT2D eigenvalue weighted by atomic mass is 32.1. The van der Waals surface area contributed by atoms with Crippen molar-refractivity contribution < 1.29 is 0 Å². The molecule has 14 heavy (non-hydrogen) atoms. The van der Waals surface area contributed by atoms with Crippen molar-refractivity contribution in [2.75, 3.05) is 11.9 Å². The van der Waals surface area contributed by atoms with Crippen molar-refractivity contribution in [3.8, 4) is 0 Å². The van der Waals surface area contributed by atoms with E-state index in [-0.39, 0.29) is 0 Å². The summed E-state index contributed by atoms with van der Waals surface area (Å²) in [6.45, 7) is 3.06. The smallest absolute Gasteiger partial charge is 0.171 e. The maximum Gasteiger partial charge on any atom is 0.171 e. The van der Waals surface area contributed by atoms with E-state index in [9.17, 15) is 0 Å². The fourth-order valence-electron chi connectivity index (χ4n) is 1.02. The Kier molecular flexibility index (Phi) is 4.39. The van der Waals surface area contributed by atoms with Crippen molar-refractivity contribution in [3.63, 3.8) is 0 Å². The van der Waals surface area contributed by atoms with Gasteiger partial charge in [-0.3, -0.25) is 4.68 Å². The second-order valence-electron chi connectivity index (χ2n) is 3.11. The lowest BCUT2D eigenvalue weighted by Crippen LogP contribution is -2.29. The predicted octanol–water partition coefficient (Wildman–Crippen LogP) is 1.51. The van der Waals surface area contributed by atoms with E-state index in [4.69, 9.17) is 12.2 Å². The van der Waals surface area contributed by atoms with Crippen LogP contribution < -0.4 is 10.6 Å². The fourth-order valence-corrected chi connectivity index (χ4v) is 1.23. The van der Waals surface area contributed by atoms with Gasteiger partial charge in [0.05, 0.1) is 0 Å². The van der Waals surface area contributed by atoms with E-state index in [1.54, 1.807) is 4.68 Å². The van der Waals surface area contributed by atoms with Crippen LogP contribution >= 0.6 is 12.2 Å². The number of nitrogens with zero attached hydrogens (tertiary/aromatic N) is 2. The van der Waals surface area contributed by atoms with Crippen LogP contribution in [0, 0.1) is 0 Å². The molecule has 1 aromatic rings. The van der Waals surface area contributed by atoms with Gasteiger partial charge in [-0.2, -0.15) is 5.10 Å². The summed E-state index contributed by atoms with van der Waals surface area (Å²) in [6, 6.07) is 1.88. The summed E-state index contributed by atoms with van der Waals surface area (Å²) in [7, 11) is 1.87. The molecule has 0 amide bonds. The van der Waals surface area contributed by atoms with Gasteiger partial charge in [0.2, 0.25) is 0 Å². The Bertz CT molecular complexity index is 295. The monoisotopic (exact) mass is 212 g/mol. The van der Waals surface area contributed by atoms with Crippen molar-refractivity contribution in [2.45, 2.75) is 19.8 Å². The van der Waals surface area contributed by atoms with Crippen molar-refractivity contribution >= 4 is 23.1 Å². The first kappa shape index (κ1) is 11.0. The van der Waals surface area contributed by atoms with Crippen LogP contribution in [0.5, 0.6) is 0 Å². The number of rotatable bonds is 4. The molecule has 1 aromatic heterocycles. The highest BCUT2D eigenvalue weighted by Gasteiger charge is 1.98. The quantitative estimate of drug-likeness (QED) is 0.586. The van der Waals surface area contributed by atoms with Gasteiger partial charge in [0.25, 0.3) is 0 Å². The first-order valence-corrected chi connectivity index (χ1v) is 5.17. The summed E-state index contributed by atoms with van der Waals surface area (Å²) in [6.07, 6.45) is 4.17. The SMILES string of the molecule is CCCCNC(=S)Nc1ccn(C)n1. The van der Waals surface area contributed by atoms with Gasteiger partial charge in [-0.25, -0.2) is 0 Å². The van der Waals surface area contributed by atoms with Crippen molar-refractivity contribution in [3.05, 3.63) is 12.3 Å². The fraction of sp³-hybridized carbons (Fsp3) is 0.556. The summed E-state index contributed by atoms with van der Waals surface area (Å²) in [4.78, 5) is 0. The first-order valence-electron chi connectivity index (χ1n) is 4.77. The summed E-state index contributed by atoms with van der Waals surface area (Å²) < 4.78 is 1.73. The molecule has 0 radical (unpaired) electrons. The average molecular weight is 212 g/mol. The number of unbranched alkanes of at least 4 members (excludes halogenated alkanes) is 1. The molecular weight excluding hydrogens is 196 g/mol. The predicted molar refractivity (Wildman–Crippen MR) is 62.3 cm³/mol. The molecule has 0 spiro atoms. The molecule has 1 rings (SSSR count). The molecule has 0 unspecified atom stereocenters. The zero-order valence-corrected chi connectivity index (χ0v) is 9.40. The number of hydrogen-bond acceptors (Lipinski definition) is 2. The Labute approximate surface area is 89.7 Å². The molecule has 0 bridgehead atoms. The third-order valence-corrected chi connectivity index (χ3v) is 2.02. The second-order valence-corrected chi connectivity index (χ2v) is 3.52. The minimum Gasteiger partial charge on any atom is -0.362 e. The molecule has 5 heteroatoms. The van der Waals surface area contributed by atoms with Crippen LogP contribution in [0.15, 0.2) is 12.3 Å². The molecule has 0 fully saturated rings. The number of aromatic nitrogens is 2. The molecule has 0 aliphatic carbocycles. The van der Waals surface area contributed by atoms with Gasteiger partial charge in [-0.1, -0.05) is 13.3 Å². The zero-order valence-electron chi connectivity index (χ0n) is 8.58. The largest absolute Gasteiger partial charge is 0.362 e. The minimum absolute atomic E-state index is 0.636. The molecule has 0 atom stereocenters. The molecular formula is C9H16N4S. The lowest BCUT2D eigenvalue weighted by atomic mass is 10.3. The van der Waals surface area contributed by atoms with Gasteiger partial charge in [0.1, 0.15) is 0 Å². The Balaban J connectivity index is 2.27. The van der Waals surface area contributed by atoms with E-state index in [1.165, 1.54) is 6.42 Å². The van der Waals surface area contributed by atoms with E-state index in [1.807, 2.05) is 19.3 Å². The Morgan fingerprint density at radius 1 is 1.64 bits per heavy atom. The molecule has 78 valence electrons. The lowest BCUT2D eigenvalue weighted by molar-refractivity contribution is 0.755. The molecule has 1 heterocycles. The van der Waals surface area contributed by atoms with Crippen LogP contribution in [0.3, 0.4) is 0 Å². The molecule has 0 aliphatic heterocycles. The van der Waals surface area contributed by atoms with Crippen LogP contribution in [0.4, 0.5) is 5.82 Å². The number of thiocarbonyl (C=S) groups is 1.